The second-order valence-electron chi connectivity index (χ2n) is 3.30. The first-order valence-electron chi connectivity index (χ1n) is 4.66. The highest BCUT2D eigenvalue weighted by Crippen LogP contribution is 2.11. The lowest BCUT2D eigenvalue weighted by atomic mass is 10.2. The van der Waals surface area contributed by atoms with E-state index < -0.39 is 0 Å². The summed E-state index contributed by atoms with van der Waals surface area (Å²) in [6, 6.07) is 7.49. The van der Waals surface area contributed by atoms with Crippen molar-refractivity contribution in [2.24, 2.45) is 0 Å². The fourth-order valence-electron chi connectivity index (χ4n) is 1.08. The molecule has 2 nitrogen and oxygen atoms in total. The van der Waals surface area contributed by atoms with E-state index in [-0.39, 0.29) is 5.97 Å². The molecule has 0 fully saturated rings. The molecule has 1 rings (SSSR count). The number of benzene rings is 1. The Morgan fingerprint density at radius 1 is 1.53 bits per heavy atom. The number of ether oxygens (including phenoxy) is 1. The monoisotopic (exact) mass is 224 g/mol. The Balaban J connectivity index is 2.38. The van der Waals surface area contributed by atoms with Crippen molar-refractivity contribution < 1.29 is 9.53 Å². The first-order valence-corrected chi connectivity index (χ1v) is 5.04. The molecule has 0 aliphatic carbocycles. The predicted molar refractivity (Wildman–Crippen MR) is 60.9 cm³/mol. The summed E-state index contributed by atoms with van der Waals surface area (Å²) in [6.45, 7) is 5.48. The Kier molecular flexibility index (Phi) is 4.37. The molecule has 15 heavy (non-hydrogen) atoms. The van der Waals surface area contributed by atoms with Gasteiger partial charge in [-0.05, 0) is 24.6 Å². The molecule has 0 saturated carbocycles. The van der Waals surface area contributed by atoms with Crippen LogP contribution in [0.15, 0.2) is 36.4 Å². The van der Waals surface area contributed by atoms with Crippen molar-refractivity contribution in [3.8, 4) is 0 Å². The van der Waals surface area contributed by atoms with Gasteiger partial charge in [0.2, 0.25) is 0 Å². The lowest BCUT2D eigenvalue weighted by molar-refractivity contribution is -0.138. The van der Waals surface area contributed by atoms with Crippen LogP contribution >= 0.6 is 11.6 Å². The summed E-state index contributed by atoms with van der Waals surface area (Å²) in [7, 11) is 0. The summed E-state index contributed by atoms with van der Waals surface area (Å²) in [5, 5.41) is 0.693. The van der Waals surface area contributed by atoms with Gasteiger partial charge in [-0.15, -0.1) is 0 Å². The first kappa shape index (κ1) is 11.8. The smallest absolute Gasteiger partial charge is 0.333 e. The van der Waals surface area contributed by atoms with Crippen LogP contribution in [0.25, 0.3) is 0 Å². The molecule has 0 unspecified atom stereocenters. The van der Waals surface area contributed by atoms with Gasteiger partial charge in [-0.1, -0.05) is 30.3 Å². The lowest BCUT2D eigenvalue weighted by Crippen LogP contribution is -2.07. The van der Waals surface area contributed by atoms with Gasteiger partial charge in [-0.25, -0.2) is 4.79 Å². The van der Waals surface area contributed by atoms with E-state index in [0.717, 1.165) is 5.56 Å². The van der Waals surface area contributed by atoms with Gasteiger partial charge in [-0.2, -0.15) is 0 Å². The third-order valence-electron chi connectivity index (χ3n) is 1.86. The van der Waals surface area contributed by atoms with Crippen LogP contribution in [0.4, 0.5) is 0 Å². The molecule has 0 N–H and O–H groups in total. The summed E-state index contributed by atoms with van der Waals surface area (Å²) in [5.41, 5.74) is 1.47. The zero-order valence-electron chi connectivity index (χ0n) is 8.63. The highest BCUT2D eigenvalue weighted by molar-refractivity contribution is 6.30. The van der Waals surface area contributed by atoms with E-state index in [9.17, 15) is 4.79 Å². The Morgan fingerprint density at radius 2 is 2.27 bits per heavy atom. The van der Waals surface area contributed by atoms with Crippen LogP contribution in [0.2, 0.25) is 5.02 Å². The molecule has 0 heterocycles. The Labute approximate surface area is 94.5 Å². The second kappa shape index (κ2) is 5.56. The predicted octanol–water partition coefficient (Wildman–Crippen LogP) is 3.00. The van der Waals surface area contributed by atoms with Crippen molar-refractivity contribution >= 4 is 17.6 Å². The van der Waals surface area contributed by atoms with Gasteiger partial charge in [0.1, 0.15) is 0 Å². The molecule has 3 heteroatoms. The standard InChI is InChI=1S/C12H13ClO2/c1-9(2)12(14)15-7-6-10-4-3-5-11(13)8-10/h3-5,8H,1,6-7H2,2H3. The fraction of sp³-hybridized carbons (Fsp3) is 0.250. The van der Waals surface area contributed by atoms with Gasteiger partial charge in [0.15, 0.2) is 0 Å². The molecule has 0 aliphatic rings. The molecule has 80 valence electrons. The maximum absolute atomic E-state index is 11.1. The van der Waals surface area contributed by atoms with Crippen LogP contribution in [0.3, 0.4) is 0 Å². The molecule has 0 aromatic heterocycles. The van der Waals surface area contributed by atoms with E-state index >= 15 is 0 Å². The van der Waals surface area contributed by atoms with Gasteiger partial charge < -0.3 is 4.74 Å². The molecule has 0 aliphatic heterocycles. The van der Waals surface area contributed by atoms with E-state index in [2.05, 4.69) is 6.58 Å². The minimum absolute atomic E-state index is 0.350. The largest absolute Gasteiger partial charge is 0.462 e. The summed E-state index contributed by atoms with van der Waals surface area (Å²) < 4.78 is 4.97. The molecule has 1 aromatic rings. The fourth-order valence-corrected chi connectivity index (χ4v) is 1.29. The van der Waals surface area contributed by atoms with E-state index in [1.807, 2.05) is 24.3 Å². The third kappa shape index (κ3) is 4.17. The molecule has 0 atom stereocenters. The number of carbonyl (C=O) groups is 1. The topological polar surface area (TPSA) is 26.3 Å². The molecule has 0 saturated heterocycles. The molecule has 0 amide bonds. The van der Waals surface area contributed by atoms with Crippen molar-refractivity contribution in [1.29, 1.82) is 0 Å². The normalized spacial score (nSPS) is 9.73. The minimum Gasteiger partial charge on any atom is -0.462 e. The second-order valence-corrected chi connectivity index (χ2v) is 3.73. The highest BCUT2D eigenvalue weighted by atomic mass is 35.5. The van der Waals surface area contributed by atoms with Crippen LogP contribution in [0, 0.1) is 0 Å². The van der Waals surface area contributed by atoms with E-state index in [0.29, 0.717) is 23.6 Å². The minimum atomic E-state index is -0.350. The van der Waals surface area contributed by atoms with Gasteiger partial charge in [-0.3, -0.25) is 0 Å². The number of halogens is 1. The highest BCUT2D eigenvalue weighted by Gasteiger charge is 2.02. The summed E-state index contributed by atoms with van der Waals surface area (Å²) in [4.78, 5) is 11.1. The van der Waals surface area contributed by atoms with Gasteiger partial charge in [0.25, 0.3) is 0 Å². The van der Waals surface area contributed by atoms with Crippen molar-refractivity contribution in [3.05, 3.63) is 47.0 Å². The van der Waals surface area contributed by atoms with Crippen LogP contribution in [0.1, 0.15) is 12.5 Å². The Morgan fingerprint density at radius 3 is 2.87 bits per heavy atom. The number of rotatable bonds is 4. The Hall–Kier alpha value is -1.28. The van der Waals surface area contributed by atoms with Gasteiger partial charge in [0.05, 0.1) is 6.61 Å². The Bertz CT molecular complexity index is 372. The first-order chi connectivity index (χ1) is 7.09. The maximum atomic E-state index is 11.1. The molecular weight excluding hydrogens is 212 g/mol. The molecule has 1 aromatic carbocycles. The maximum Gasteiger partial charge on any atom is 0.333 e. The molecule has 0 bridgehead atoms. The van der Waals surface area contributed by atoms with Crippen molar-refractivity contribution in [2.45, 2.75) is 13.3 Å². The van der Waals surface area contributed by atoms with E-state index in [1.165, 1.54) is 0 Å². The zero-order valence-corrected chi connectivity index (χ0v) is 9.38. The lowest BCUT2D eigenvalue weighted by Gasteiger charge is -2.04. The molecule has 0 radical (unpaired) electrons. The van der Waals surface area contributed by atoms with Crippen molar-refractivity contribution in [3.63, 3.8) is 0 Å². The van der Waals surface area contributed by atoms with Crippen LogP contribution in [0.5, 0.6) is 0 Å². The zero-order chi connectivity index (χ0) is 11.3. The average molecular weight is 225 g/mol. The number of carbonyl (C=O) groups excluding carboxylic acids is 1. The molecular formula is C12H13ClO2. The van der Waals surface area contributed by atoms with Crippen molar-refractivity contribution in [2.75, 3.05) is 6.61 Å². The number of esters is 1. The summed E-state index contributed by atoms with van der Waals surface area (Å²) >= 11 is 5.81. The number of hydrogen-bond acceptors (Lipinski definition) is 2. The summed E-state index contributed by atoms with van der Waals surface area (Å²) in [5.74, 6) is -0.350. The van der Waals surface area contributed by atoms with Crippen LogP contribution in [-0.2, 0) is 16.0 Å². The van der Waals surface area contributed by atoms with E-state index in [4.69, 9.17) is 16.3 Å². The van der Waals surface area contributed by atoms with Crippen molar-refractivity contribution in [1.82, 2.24) is 0 Å². The average Bonchev–Trinajstić information content (AvgIpc) is 2.17. The van der Waals surface area contributed by atoms with Gasteiger partial charge >= 0.3 is 5.97 Å². The molecule has 0 spiro atoms. The quantitative estimate of drug-likeness (QED) is 0.581. The van der Waals surface area contributed by atoms with Crippen LogP contribution < -0.4 is 0 Å². The third-order valence-corrected chi connectivity index (χ3v) is 2.10. The number of hydrogen-bond donors (Lipinski definition) is 0. The van der Waals surface area contributed by atoms with Crippen LogP contribution in [-0.4, -0.2) is 12.6 Å². The van der Waals surface area contributed by atoms with E-state index in [1.54, 1.807) is 6.92 Å². The summed E-state index contributed by atoms with van der Waals surface area (Å²) in [6.07, 6.45) is 0.666. The van der Waals surface area contributed by atoms with Gasteiger partial charge in [0, 0.05) is 17.0 Å². The SMILES string of the molecule is C=C(C)C(=O)OCCc1cccc(Cl)c1.